The predicted molar refractivity (Wildman–Crippen MR) is 62.3 cm³/mol. The third-order valence-corrected chi connectivity index (χ3v) is 2.68. The van der Waals surface area contributed by atoms with E-state index in [0.717, 1.165) is 24.7 Å². The Balaban J connectivity index is 2.21. The Morgan fingerprint density at radius 2 is 2.25 bits per heavy atom. The van der Waals surface area contributed by atoms with Crippen molar-refractivity contribution in [3.05, 3.63) is 23.8 Å². The van der Waals surface area contributed by atoms with E-state index in [4.69, 9.17) is 4.74 Å². The Hall–Kier alpha value is -1.00. The van der Waals surface area contributed by atoms with Crippen molar-refractivity contribution in [2.75, 3.05) is 19.8 Å². The normalized spacial score (nSPS) is 22.1. The van der Waals surface area contributed by atoms with Crippen LogP contribution in [-0.4, -0.2) is 29.7 Å². The van der Waals surface area contributed by atoms with Gasteiger partial charge >= 0.3 is 0 Å². The molecule has 2 rings (SSSR count). The second-order valence-electron chi connectivity index (χ2n) is 5.13. The Kier molecular flexibility index (Phi) is 3.21. The molecule has 0 saturated carbocycles. The molecule has 1 unspecified atom stereocenters. The van der Waals surface area contributed by atoms with Crippen LogP contribution in [0.5, 0.6) is 0 Å². The van der Waals surface area contributed by atoms with Crippen molar-refractivity contribution >= 4 is 0 Å². The van der Waals surface area contributed by atoms with Crippen molar-refractivity contribution in [3.8, 4) is 0 Å². The zero-order valence-electron chi connectivity index (χ0n) is 10.2. The van der Waals surface area contributed by atoms with Crippen molar-refractivity contribution in [1.29, 1.82) is 0 Å². The van der Waals surface area contributed by atoms with Crippen LogP contribution in [-0.2, 0) is 10.2 Å². The van der Waals surface area contributed by atoms with Crippen LogP contribution in [0.15, 0.2) is 12.3 Å². The molecule has 4 heteroatoms. The summed E-state index contributed by atoms with van der Waals surface area (Å²) in [7, 11) is 0. The molecule has 0 bridgehead atoms. The molecule has 0 radical (unpaired) electrons. The van der Waals surface area contributed by atoms with E-state index in [0.29, 0.717) is 6.61 Å². The number of rotatable bonds is 1. The highest BCUT2D eigenvalue weighted by Crippen LogP contribution is 2.21. The zero-order chi connectivity index (χ0) is 11.6. The summed E-state index contributed by atoms with van der Waals surface area (Å²) in [5, 5.41) is 3.36. The second kappa shape index (κ2) is 4.47. The summed E-state index contributed by atoms with van der Waals surface area (Å²) in [6.45, 7) is 8.77. The van der Waals surface area contributed by atoms with Gasteiger partial charge in [0, 0.05) is 23.9 Å². The number of aromatic nitrogens is 2. The second-order valence-corrected chi connectivity index (χ2v) is 5.13. The molecule has 1 saturated heterocycles. The highest BCUT2D eigenvalue weighted by Gasteiger charge is 2.21. The summed E-state index contributed by atoms with van der Waals surface area (Å²) in [5.74, 6) is 0.840. The summed E-state index contributed by atoms with van der Waals surface area (Å²) >= 11 is 0. The smallest absolute Gasteiger partial charge is 0.147 e. The first kappa shape index (κ1) is 11.5. The molecule has 1 aromatic heterocycles. The van der Waals surface area contributed by atoms with Gasteiger partial charge < -0.3 is 10.1 Å². The first-order valence-corrected chi connectivity index (χ1v) is 5.72. The van der Waals surface area contributed by atoms with Gasteiger partial charge in [-0.1, -0.05) is 20.8 Å². The van der Waals surface area contributed by atoms with Crippen LogP contribution >= 0.6 is 0 Å². The van der Waals surface area contributed by atoms with Crippen LogP contribution in [0.25, 0.3) is 0 Å². The minimum Gasteiger partial charge on any atom is -0.378 e. The lowest BCUT2D eigenvalue weighted by Crippen LogP contribution is -2.36. The molecule has 1 aliphatic heterocycles. The average Bonchev–Trinajstić information content (AvgIpc) is 2.29. The maximum absolute atomic E-state index is 5.42. The summed E-state index contributed by atoms with van der Waals surface area (Å²) < 4.78 is 5.42. The molecule has 0 aromatic carbocycles. The van der Waals surface area contributed by atoms with Gasteiger partial charge in [0.15, 0.2) is 0 Å². The molecule has 1 aromatic rings. The summed E-state index contributed by atoms with van der Waals surface area (Å²) in [6.07, 6.45) is 1.83. The van der Waals surface area contributed by atoms with Gasteiger partial charge in [-0.05, 0) is 6.07 Å². The van der Waals surface area contributed by atoms with E-state index in [1.807, 2.05) is 12.3 Å². The van der Waals surface area contributed by atoms with Crippen LogP contribution in [0.2, 0.25) is 0 Å². The molecule has 0 amide bonds. The lowest BCUT2D eigenvalue weighted by molar-refractivity contribution is 0.0740. The zero-order valence-corrected chi connectivity index (χ0v) is 10.2. The van der Waals surface area contributed by atoms with Crippen molar-refractivity contribution in [2.45, 2.75) is 32.2 Å². The van der Waals surface area contributed by atoms with Crippen LogP contribution in [0, 0.1) is 0 Å². The fourth-order valence-corrected chi connectivity index (χ4v) is 1.69. The maximum atomic E-state index is 5.42. The van der Waals surface area contributed by atoms with Crippen molar-refractivity contribution < 1.29 is 4.74 Å². The van der Waals surface area contributed by atoms with Gasteiger partial charge in [0.2, 0.25) is 0 Å². The SMILES string of the molecule is CC(C)(C)c1ccnc(C2COCCN2)n1. The van der Waals surface area contributed by atoms with E-state index in [1.165, 1.54) is 0 Å². The topological polar surface area (TPSA) is 47.0 Å². The molecule has 1 aliphatic rings. The average molecular weight is 221 g/mol. The fraction of sp³-hybridized carbons (Fsp3) is 0.667. The summed E-state index contributed by atoms with van der Waals surface area (Å²) in [4.78, 5) is 8.94. The van der Waals surface area contributed by atoms with Crippen molar-refractivity contribution in [1.82, 2.24) is 15.3 Å². The third kappa shape index (κ3) is 2.57. The van der Waals surface area contributed by atoms with Gasteiger partial charge in [0.25, 0.3) is 0 Å². The number of nitrogens with zero attached hydrogens (tertiary/aromatic N) is 2. The van der Waals surface area contributed by atoms with Crippen LogP contribution in [0.4, 0.5) is 0 Å². The van der Waals surface area contributed by atoms with Crippen molar-refractivity contribution in [2.24, 2.45) is 0 Å². The minimum absolute atomic E-state index is 0.0627. The van der Waals surface area contributed by atoms with E-state index in [1.54, 1.807) is 0 Å². The summed E-state index contributed by atoms with van der Waals surface area (Å²) in [5.41, 5.74) is 1.14. The van der Waals surface area contributed by atoms with E-state index in [-0.39, 0.29) is 11.5 Å². The van der Waals surface area contributed by atoms with E-state index in [9.17, 15) is 0 Å². The Labute approximate surface area is 96.4 Å². The van der Waals surface area contributed by atoms with Gasteiger partial charge in [0.05, 0.1) is 19.3 Å². The number of hydrogen-bond acceptors (Lipinski definition) is 4. The van der Waals surface area contributed by atoms with E-state index < -0.39 is 0 Å². The van der Waals surface area contributed by atoms with E-state index >= 15 is 0 Å². The Morgan fingerprint density at radius 3 is 2.88 bits per heavy atom. The van der Waals surface area contributed by atoms with Crippen LogP contribution in [0.1, 0.15) is 38.3 Å². The monoisotopic (exact) mass is 221 g/mol. The van der Waals surface area contributed by atoms with Gasteiger partial charge in [-0.25, -0.2) is 9.97 Å². The molecule has 1 N–H and O–H groups in total. The number of hydrogen-bond donors (Lipinski definition) is 1. The maximum Gasteiger partial charge on any atom is 0.147 e. The van der Waals surface area contributed by atoms with Gasteiger partial charge in [-0.15, -0.1) is 0 Å². The van der Waals surface area contributed by atoms with Crippen molar-refractivity contribution in [3.63, 3.8) is 0 Å². The Bertz CT molecular complexity index is 354. The van der Waals surface area contributed by atoms with E-state index in [2.05, 4.69) is 36.1 Å². The van der Waals surface area contributed by atoms with Crippen LogP contribution < -0.4 is 5.32 Å². The van der Waals surface area contributed by atoms with Gasteiger partial charge in [0.1, 0.15) is 5.82 Å². The Morgan fingerprint density at radius 1 is 1.44 bits per heavy atom. The molecule has 1 fully saturated rings. The highest BCUT2D eigenvalue weighted by molar-refractivity contribution is 5.13. The first-order chi connectivity index (χ1) is 7.57. The number of nitrogens with one attached hydrogen (secondary N) is 1. The molecule has 88 valence electrons. The molecule has 4 nitrogen and oxygen atoms in total. The summed E-state index contributed by atoms with van der Waals surface area (Å²) in [6, 6.07) is 2.11. The van der Waals surface area contributed by atoms with Gasteiger partial charge in [-0.3, -0.25) is 0 Å². The lowest BCUT2D eigenvalue weighted by Gasteiger charge is -2.24. The number of ether oxygens (including phenoxy) is 1. The lowest BCUT2D eigenvalue weighted by atomic mass is 9.92. The predicted octanol–water partition coefficient (Wildman–Crippen LogP) is 1.43. The molecule has 0 aliphatic carbocycles. The first-order valence-electron chi connectivity index (χ1n) is 5.72. The standard InChI is InChI=1S/C12H19N3O/c1-12(2,3)10-4-5-14-11(15-10)9-8-16-7-6-13-9/h4-5,9,13H,6-8H2,1-3H3. The minimum atomic E-state index is 0.0627. The molecule has 1 atom stereocenters. The highest BCUT2D eigenvalue weighted by atomic mass is 16.5. The molecule has 16 heavy (non-hydrogen) atoms. The van der Waals surface area contributed by atoms with Gasteiger partial charge in [-0.2, -0.15) is 0 Å². The molecule has 2 heterocycles. The quantitative estimate of drug-likeness (QED) is 0.779. The van der Waals surface area contributed by atoms with Crippen LogP contribution in [0.3, 0.4) is 0 Å². The molecular weight excluding hydrogens is 202 g/mol. The molecular formula is C12H19N3O. The largest absolute Gasteiger partial charge is 0.378 e. The molecule has 0 spiro atoms. The fourth-order valence-electron chi connectivity index (χ4n) is 1.69. The number of morpholine rings is 1. The third-order valence-electron chi connectivity index (χ3n) is 2.68.